The Balaban J connectivity index is 1.35. The quantitative estimate of drug-likeness (QED) is 0.196. The van der Waals surface area contributed by atoms with Crippen LogP contribution in [0.1, 0.15) is 24.8 Å². The van der Waals surface area contributed by atoms with Gasteiger partial charge in [0, 0.05) is 39.2 Å². The van der Waals surface area contributed by atoms with Crippen LogP contribution in [0.4, 0.5) is 23.5 Å². The van der Waals surface area contributed by atoms with Gasteiger partial charge in [-0.05, 0) is 61.7 Å². The molecule has 2 heterocycles. The van der Waals surface area contributed by atoms with Gasteiger partial charge >= 0.3 is 0 Å². The predicted octanol–water partition coefficient (Wildman–Crippen LogP) is 6.86. The van der Waals surface area contributed by atoms with E-state index in [2.05, 4.69) is 41.8 Å². The number of nitrogens with one attached hydrogen (secondary N) is 2. The Hall–Kier alpha value is -3.62. The molecule has 2 N–H and O–H groups in total. The maximum atomic E-state index is 6.03. The molecule has 0 atom stereocenters. The summed E-state index contributed by atoms with van der Waals surface area (Å²) in [7, 11) is 0. The summed E-state index contributed by atoms with van der Waals surface area (Å²) in [4.78, 5) is 18.3. The van der Waals surface area contributed by atoms with Crippen molar-refractivity contribution in [3.63, 3.8) is 0 Å². The van der Waals surface area contributed by atoms with Crippen molar-refractivity contribution in [2.75, 3.05) is 28.7 Å². The zero-order valence-electron chi connectivity index (χ0n) is 19.6. The van der Waals surface area contributed by atoms with Crippen LogP contribution in [0.25, 0.3) is 0 Å². The van der Waals surface area contributed by atoms with Gasteiger partial charge in [0.2, 0.25) is 17.8 Å². The van der Waals surface area contributed by atoms with Gasteiger partial charge in [0.25, 0.3) is 0 Å². The topological polar surface area (TPSA) is 78.3 Å². The van der Waals surface area contributed by atoms with Crippen molar-refractivity contribution in [3.8, 4) is 0 Å². The molecular formula is C27H26ClN7S. The third-order valence-corrected chi connectivity index (χ3v) is 6.97. The average molecular weight is 516 g/mol. The fraction of sp³-hybridized carbons (Fsp3) is 0.185. The lowest BCUT2D eigenvalue weighted by Crippen LogP contribution is -2.31. The summed E-state index contributed by atoms with van der Waals surface area (Å²) < 4.78 is 0. The van der Waals surface area contributed by atoms with E-state index < -0.39 is 0 Å². The number of hydrogen-bond acceptors (Lipinski definition) is 8. The van der Waals surface area contributed by atoms with Crippen LogP contribution in [0.5, 0.6) is 0 Å². The second-order valence-electron chi connectivity index (χ2n) is 8.29. The first kappa shape index (κ1) is 24.1. The molecule has 1 fully saturated rings. The number of hydrogen-bond donors (Lipinski definition) is 2. The van der Waals surface area contributed by atoms with Gasteiger partial charge in [-0.15, -0.1) is 0 Å². The summed E-state index contributed by atoms with van der Waals surface area (Å²) in [5, 5.41) is 8.46. The summed E-state index contributed by atoms with van der Waals surface area (Å²) in [5.41, 5.74) is 4.91. The van der Waals surface area contributed by atoms with Crippen LogP contribution in [0.2, 0.25) is 5.02 Å². The van der Waals surface area contributed by atoms with Crippen LogP contribution in [0.15, 0.2) is 93.8 Å². The van der Waals surface area contributed by atoms with E-state index in [-0.39, 0.29) is 0 Å². The van der Waals surface area contributed by atoms with Crippen LogP contribution in [0, 0.1) is 0 Å². The van der Waals surface area contributed by atoms with Gasteiger partial charge in [-0.25, -0.2) is 5.43 Å². The Morgan fingerprint density at radius 1 is 0.806 bits per heavy atom. The number of benzene rings is 3. The Kier molecular flexibility index (Phi) is 7.95. The lowest BCUT2D eigenvalue weighted by atomic mass is 10.1. The molecule has 9 heteroatoms. The third kappa shape index (κ3) is 6.53. The molecule has 1 aromatic heterocycles. The molecule has 0 radical (unpaired) electrons. The number of aromatic nitrogens is 3. The van der Waals surface area contributed by atoms with Gasteiger partial charge < -0.3 is 10.2 Å². The summed E-state index contributed by atoms with van der Waals surface area (Å²) in [6, 6.07) is 25.8. The fourth-order valence-corrected chi connectivity index (χ4v) is 4.86. The molecule has 1 aliphatic heterocycles. The molecule has 1 aliphatic rings. The van der Waals surface area contributed by atoms with Crippen LogP contribution in [0.3, 0.4) is 0 Å². The van der Waals surface area contributed by atoms with E-state index >= 15 is 0 Å². The first-order chi connectivity index (χ1) is 17.7. The van der Waals surface area contributed by atoms with Crippen molar-refractivity contribution in [2.45, 2.75) is 29.1 Å². The molecule has 7 nitrogen and oxygen atoms in total. The van der Waals surface area contributed by atoms with E-state index in [1.165, 1.54) is 6.42 Å². The highest BCUT2D eigenvalue weighted by Crippen LogP contribution is 2.30. The highest BCUT2D eigenvalue weighted by atomic mass is 35.5. The average Bonchev–Trinajstić information content (AvgIpc) is 2.92. The third-order valence-electron chi connectivity index (χ3n) is 5.62. The molecule has 36 heavy (non-hydrogen) atoms. The summed E-state index contributed by atoms with van der Waals surface area (Å²) in [5.74, 6) is 1.52. The normalized spacial score (nSPS) is 13.6. The van der Waals surface area contributed by atoms with E-state index in [1.54, 1.807) is 18.0 Å². The Bertz CT molecular complexity index is 1310. The second kappa shape index (κ2) is 11.9. The Labute approximate surface area is 220 Å². The van der Waals surface area contributed by atoms with Crippen molar-refractivity contribution >= 4 is 53.1 Å². The second-order valence-corrected chi connectivity index (χ2v) is 9.84. The smallest absolute Gasteiger partial charge is 0.250 e. The summed E-state index contributed by atoms with van der Waals surface area (Å²) in [6.07, 6.45) is 5.29. The number of rotatable bonds is 8. The van der Waals surface area contributed by atoms with Gasteiger partial charge in [-0.3, -0.25) is 0 Å². The number of hydrazone groups is 1. The number of piperidine rings is 1. The predicted molar refractivity (Wildman–Crippen MR) is 149 cm³/mol. The highest BCUT2D eigenvalue weighted by Gasteiger charge is 2.16. The van der Waals surface area contributed by atoms with Crippen LogP contribution in [-0.4, -0.2) is 34.3 Å². The molecule has 0 unspecified atom stereocenters. The first-order valence-electron chi connectivity index (χ1n) is 11.9. The molecule has 4 aromatic rings. The van der Waals surface area contributed by atoms with Gasteiger partial charge in [-0.1, -0.05) is 59.8 Å². The molecule has 0 saturated carbocycles. The minimum atomic E-state index is 0.392. The lowest BCUT2D eigenvalue weighted by molar-refractivity contribution is 0.568. The minimum absolute atomic E-state index is 0.392. The lowest BCUT2D eigenvalue weighted by Gasteiger charge is -2.26. The van der Waals surface area contributed by atoms with E-state index in [9.17, 15) is 0 Å². The molecule has 3 aromatic carbocycles. The monoisotopic (exact) mass is 515 g/mol. The number of para-hydroxylation sites is 1. The highest BCUT2D eigenvalue weighted by molar-refractivity contribution is 7.99. The zero-order valence-corrected chi connectivity index (χ0v) is 21.2. The van der Waals surface area contributed by atoms with E-state index in [0.717, 1.165) is 52.0 Å². The van der Waals surface area contributed by atoms with Gasteiger partial charge in [0.15, 0.2) is 0 Å². The molecule has 1 saturated heterocycles. The van der Waals surface area contributed by atoms with E-state index in [0.29, 0.717) is 17.8 Å². The van der Waals surface area contributed by atoms with Gasteiger partial charge in [0.05, 0.1) is 6.21 Å². The van der Waals surface area contributed by atoms with E-state index in [1.807, 2.05) is 72.8 Å². The van der Waals surface area contributed by atoms with Gasteiger partial charge in [0.1, 0.15) is 0 Å². The van der Waals surface area contributed by atoms with Crippen molar-refractivity contribution in [1.82, 2.24) is 15.0 Å². The Morgan fingerprint density at radius 3 is 2.33 bits per heavy atom. The van der Waals surface area contributed by atoms with Crippen molar-refractivity contribution in [1.29, 1.82) is 0 Å². The van der Waals surface area contributed by atoms with Crippen molar-refractivity contribution in [2.24, 2.45) is 5.10 Å². The maximum absolute atomic E-state index is 6.03. The minimum Gasteiger partial charge on any atom is -0.341 e. The van der Waals surface area contributed by atoms with Crippen LogP contribution >= 0.6 is 23.4 Å². The number of halogens is 1. The van der Waals surface area contributed by atoms with Gasteiger partial charge in [-0.2, -0.15) is 20.1 Å². The van der Waals surface area contributed by atoms with Crippen LogP contribution in [-0.2, 0) is 0 Å². The SMILES string of the molecule is Clc1ccc(Sc2ccccc2/C=N/Nc2nc(Nc3ccccc3)nc(N3CCCCC3)n2)cc1. The molecule has 5 rings (SSSR count). The standard InChI is InChI=1S/C27H26ClN7S/c28-21-13-15-23(16-14-21)36-24-12-6-5-9-20(24)19-29-34-26-31-25(30-22-10-3-1-4-11-22)32-27(33-26)35-17-7-2-8-18-35/h1,3-6,9-16,19H,2,7-8,17-18H2,(H2,30,31,32,33,34)/b29-19+. The summed E-state index contributed by atoms with van der Waals surface area (Å²) in [6.45, 7) is 1.87. The zero-order chi connectivity index (χ0) is 24.6. The van der Waals surface area contributed by atoms with Crippen molar-refractivity contribution < 1.29 is 0 Å². The number of anilines is 4. The Morgan fingerprint density at radius 2 is 1.53 bits per heavy atom. The first-order valence-corrected chi connectivity index (χ1v) is 13.1. The van der Waals surface area contributed by atoms with E-state index in [4.69, 9.17) is 11.6 Å². The molecule has 0 amide bonds. The molecule has 0 aliphatic carbocycles. The maximum Gasteiger partial charge on any atom is 0.250 e. The molecule has 182 valence electrons. The van der Waals surface area contributed by atoms with Crippen LogP contribution < -0.4 is 15.6 Å². The summed E-state index contributed by atoms with van der Waals surface area (Å²) >= 11 is 7.69. The van der Waals surface area contributed by atoms with Crippen molar-refractivity contribution in [3.05, 3.63) is 89.4 Å². The largest absolute Gasteiger partial charge is 0.341 e. The molecule has 0 bridgehead atoms. The molecular weight excluding hydrogens is 490 g/mol. The fourth-order valence-electron chi connectivity index (χ4n) is 3.83. The molecule has 0 spiro atoms. The number of nitrogens with zero attached hydrogens (tertiary/aromatic N) is 5.